The van der Waals surface area contributed by atoms with Crippen LogP contribution in [0.3, 0.4) is 0 Å². The van der Waals surface area contributed by atoms with Crippen LogP contribution < -0.4 is 5.32 Å². The van der Waals surface area contributed by atoms with Crippen molar-refractivity contribution in [3.63, 3.8) is 0 Å². The predicted molar refractivity (Wildman–Crippen MR) is 125 cm³/mol. The van der Waals surface area contributed by atoms with Gasteiger partial charge in [-0.25, -0.2) is 9.67 Å². The number of hydrogen-bond donors (Lipinski definition) is 1. The van der Waals surface area contributed by atoms with E-state index in [2.05, 4.69) is 10.4 Å². The Bertz CT molecular complexity index is 1300. The summed E-state index contributed by atoms with van der Waals surface area (Å²) in [6.45, 7) is 5.63. The van der Waals surface area contributed by atoms with Gasteiger partial charge in [-0.1, -0.05) is 0 Å². The maximum Gasteiger partial charge on any atom is 0.256 e. The highest BCUT2D eigenvalue weighted by Crippen LogP contribution is 2.27. The first-order valence-corrected chi connectivity index (χ1v) is 11.1. The highest BCUT2D eigenvalue weighted by Gasteiger charge is 2.21. The summed E-state index contributed by atoms with van der Waals surface area (Å²) in [5.74, 6) is 0.328. The molecule has 0 unspecified atom stereocenters. The van der Waals surface area contributed by atoms with Gasteiger partial charge in [0, 0.05) is 30.4 Å². The number of fused-ring (bicyclic) bond motifs is 1. The quantitative estimate of drug-likeness (QED) is 0.480. The van der Waals surface area contributed by atoms with Gasteiger partial charge >= 0.3 is 0 Å². The summed E-state index contributed by atoms with van der Waals surface area (Å²) in [6, 6.07) is 12.4. The van der Waals surface area contributed by atoms with Gasteiger partial charge in [0.2, 0.25) is 0 Å². The molecule has 0 radical (unpaired) electrons. The molecule has 1 saturated heterocycles. The summed E-state index contributed by atoms with van der Waals surface area (Å²) in [5.41, 5.74) is 2.87. The fourth-order valence-corrected chi connectivity index (χ4v) is 4.13. The molecule has 5 rings (SSSR count). The average molecular weight is 444 g/mol. The van der Waals surface area contributed by atoms with Crippen molar-refractivity contribution < 1.29 is 14.0 Å². The summed E-state index contributed by atoms with van der Waals surface area (Å²) in [5, 5.41) is 8.04. The monoisotopic (exact) mass is 443 g/mol. The number of likely N-dealkylation sites (tertiary alicyclic amines) is 1. The van der Waals surface area contributed by atoms with Gasteiger partial charge in [0.15, 0.2) is 11.4 Å². The van der Waals surface area contributed by atoms with Crippen molar-refractivity contribution in [3.05, 3.63) is 66.1 Å². The zero-order valence-corrected chi connectivity index (χ0v) is 18.6. The maximum atomic E-state index is 13.3. The van der Waals surface area contributed by atoms with E-state index < -0.39 is 0 Å². The molecular weight excluding hydrogens is 418 g/mol. The molecule has 1 aliphatic heterocycles. The molecule has 4 heterocycles. The minimum Gasteiger partial charge on any atom is -0.463 e. The second-order valence-electron chi connectivity index (χ2n) is 8.48. The SMILES string of the molecule is CC(C)n1ncc2c(C(=O)Nc3ccc(C(=O)N4CCCC4)cc3)cc(-c3ccco3)nc21. The number of nitrogens with one attached hydrogen (secondary N) is 1. The number of benzene rings is 1. The zero-order chi connectivity index (χ0) is 22.9. The summed E-state index contributed by atoms with van der Waals surface area (Å²) in [7, 11) is 0. The third kappa shape index (κ3) is 4.00. The third-order valence-electron chi connectivity index (χ3n) is 5.86. The number of carbonyl (C=O) groups is 2. The standard InChI is InChI=1S/C25H25N5O3/c1-16(2)30-23-20(15-26-30)19(14-21(28-23)22-6-5-13-33-22)24(31)27-18-9-7-17(8-10-18)25(32)29-11-3-4-12-29/h5-10,13-16H,3-4,11-12H2,1-2H3,(H,27,31). The number of rotatable bonds is 5. The zero-order valence-electron chi connectivity index (χ0n) is 18.6. The minimum atomic E-state index is -0.280. The van der Waals surface area contributed by atoms with E-state index in [1.54, 1.807) is 53.5 Å². The number of hydrogen-bond acceptors (Lipinski definition) is 5. The molecule has 0 aliphatic carbocycles. The fraction of sp³-hybridized carbons (Fsp3) is 0.280. The number of furan rings is 1. The van der Waals surface area contributed by atoms with Crippen LogP contribution >= 0.6 is 0 Å². The van der Waals surface area contributed by atoms with E-state index in [4.69, 9.17) is 9.40 Å². The van der Waals surface area contributed by atoms with E-state index in [-0.39, 0.29) is 17.9 Å². The molecule has 1 N–H and O–H groups in total. The molecule has 168 valence electrons. The van der Waals surface area contributed by atoms with Crippen LogP contribution in [0.1, 0.15) is 53.4 Å². The molecule has 0 spiro atoms. The first-order chi connectivity index (χ1) is 16.0. The van der Waals surface area contributed by atoms with Crippen LogP contribution in [-0.4, -0.2) is 44.6 Å². The molecule has 1 aliphatic rings. The van der Waals surface area contributed by atoms with Crippen molar-refractivity contribution >= 4 is 28.5 Å². The van der Waals surface area contributed by atoms with Crippen molar-refractivity contribution in [2.24, 2.45) is 0 Å². The van der Waals surface area contributed by atoms with Crippen LogP contribution in [0.4, 0.5) is 5.69 Å². The third-order valence-corrected chi connectivity index (χ3v) is 5.86. The van der Waals surface area contributed by atoms with Gasteiger partial charge < -0.3 is 14.6 Å². The number of amides is 2. The molecule has 1 aromatic carbocycles. The predicted octanol–water partition coefficient (Wildman–Crippen LogP) is 4.76. The van der Waals surface area contributed by atoms with Crippen LogP contribution in [0, 0.1) is 0 Å². The van der Waals surface area contributed by atoms with E-state index >= 15 is 0 Å². The van der Waals surface area contributed by atoms with Gasteiger partial charge in [0.25, 0.3) is 11.8 Å². The van der Waals surface area contributed by atoms with Crippen LogP contribution in [0.25, 0.3) is 22.5 Å². The largest absolute Gasteiger partial charge is 0.463 e. The lowest BCUT2D eigenvalue weighted by molar-refractivity contribution is 0.0792. The maximum absolute atomic E-state index is 13.3. The Morgan fingerprint density at radius 3 is 2.52 bits per heavy atom. The highest BCUT2D eigenvalue weighted by atomic mass is 16.3. The second-order valence-corrected chi connectivity index (χ2v) is 8.48. The fourth-order valence-electron chi connectivity index (χ4n) is 4.13. The van der Waals surface area contributed by atoms with E-state index in [1.807, 2.05) is 24.8 Å². The van der Waals surface area contributed by atoms with E-state index in [0.29, 0.717) is 39.3 Å². The molecule has 2 amide bonds. The first-order valence-electron chi connectivity index (χ1n) is 11.1. The topological polar surface area (TPSA) is 93.3 Å². The second kappa shape index (κ2) is 8.54. The summed E-state index contributed by atoms with van der Waals surface area (Å²) < 4.78 is 7.31. The van der Waals surface area contributed by atoms with Crippen LogP contribution in [-0.2, 0) is 0 Å². The Labute approximate surface area is 191 Å². The summed E-state index contributed by atoms with van der Waals surface area (Å²) in [6.07, 6.45) is 5.34. The Hall–Kier alpha value is -3.94. The van der Waals surface area contributed by atoms with Gasteiger partial charge in [-0.05, 0) is 69.2 Å². The van der Waals surface area contributed by atoms with E-state index in [1.165, 1.54) is 0 Å². The first kappa shape index (κ1) is 20.9. The smallest absolute Gasteiger partial charge is 0.256 e. The van der Waals surface area contributed by atoms with E-state index in [9.17, 15) is 9.59 Å². The Balaban J connectivity index is 1.45. The molecule has 8 nitrogen and oxygen atoms in total. The van der Waals surface area contributed by atoms with E-state index in [0.717, 1.165) is 25.9 Å². The lowest BCUT2D eigenvalue weighted by Crippen LogP contribution is -2.27. The number of nitrogens with zero attached hydrogens (tertiary/aromatic N) is 4. The summed E-state index contributed by atoms with van der Waals surface area (Å²) in [4.78, 5) is 32.4. The van der Waals surface area contributed by atoms with Gasteiger partial charge in [-0.3, -0.25) is 9.59 Å². The van der Waals surface area contributed by atoms with Crippen LogP contribution in [0.15, 0.2) is 59.3 Å². The van der Waals surface area contributed by atoms with Crippen molar-refractivity contribution in [1.82, 2.24) is 19.7 Å². The molecule has 0 atom stereocenters. The molecular formula is C25H25N5O3. The Kier molecular flexibility index (Phi) is 5.42. The van der Waals surface area contributed by atoms with Gasteiger partial charge in [0.05, 0.1) is 23.4 Å². The summed E-state index contributed by atoms with van der Waals surface area (Å²) >= 11 is 0. The number of aromatic nitrogens is 3. The molecule has 0 bridgehead atoms. The molecule has 8 heteroatoms. The number of pyridine rings is 1. The van der Waals surface area contributed by atoms with Crippen LogP contribution in [0.2, 0.25) is 0 Å². The molecule has 33 heavy (non-hydrogen) atoms. The minimum absolute atomic E-state index is 0.0328. The van der Waals surface area contributed by atoms with Crippen molar-refractivity contribution in [3.8, 4) is 11.5 Å². The van der Waals surface area contributed by atoms with Gasteiger partial charge in [0.1, 0.15) is 5.69 Å². The lowest BCUT2D eigenvalue weighted by atomic mass is 10.1. The molecule has 0 saturated carbocycles. The van der Waals surface area contributed by atoms with Gasteiger partial charge in [-0.15, -0.1) is 0 Å². The molecule has 3 aromatic heterocycles. The average Bonchev–Trinajstić information content (AvgIpc) is 3.60. The van der Waals surface area contributed by atoms with Crippen molar-refractivity contribution in [2.45, 2.75) is 32.7 Å². The number of anilines is 1. The van der Waals surface area contributed by atoms with Crippen LogP contribution in [0.5, 0.6) is 0 Å². The molecule has 1 fully saturated rings. The normalized spacial score (nSPS) is 13.7. The number of carbonyl (C=O) groups excluding carboxylic acids is 2. The van der Waals surface area contributed by atoms with Crippen molar-refractivity contribution in [1.29, 1.82) is 0 Å². The Morgan fingerprint density at radius 1 is 1.09 bits per heavy atom. The molecule has 4 aromatic rings. The Morgan fingerprint density at radius 2 is 1.85 bits per heavy atom. The van der Waals surface area contributed by atoms with Crippen molar-refractivity contribution in [2.75, 3.05) is 18.4 Å². The van der Waals surface area contributed by atoms with Gasteiger partial charge in [-0.2, -0.15) is 5.10 Å². The highest BCUT2D eigenvalue weighted by molar-refractivity contribution is 6.12. The lowest BCUT2D eigenvalue weighted by Gasteiger charge is -2.15.